The van der Waals surface area contributed by atoms with Crippen molar-refractivity contribution < 1.29 is 27.5 Å². The number of benzene rings is 2. The highest BCUT2D eigenvalue weighted by atomic mass is 35.5. The van der Waals surface area contributed by atoms with Gasteiger partial charge in [-0.05, 0) is 30.2 Å². The summed E-state index contributed by atoms with van der Waals surface area (Å²) < 4.78 is 45.3. The van der Waals surface area contributed by atoms with E-state index in [0.29, 0.717) is 17.9 Å². The lowest BCUT2D eigenvalue weighted by molar-refractivity contribution is -0.147. The van der Waals surface area contributed by atoms with Gasteiger partial charge in [0.05, 0.1) is 0 Å². The van der Waals surface area contributed by atoms with E-state index in [-0.39, 0.29) is 37.2 Å². The molecule has 0 aromatic heterocycles. The van der Waals surface area contributed by atoms with Crippen molar-refractivity contribution in [3.05, 3.63) is 65.5 Å². The maximum absolute atomic E-state index is 13.8. The molecule has 0 saturated heterocycles. The lowest BCUT2D eigenvalue weighted by atomic mass is 10.0. The van der Waals surface area contributed by atoms with E-state index in [1.54, 1.807) is 30.3 Å². The first kappa shape index (κ1) is 23.4. The molecule has 1 aliphatic rings. The maximum Gasteiger partial charge on any atom is 0.336 e. The zero-order chi connectivity index (χ0) is 21.0. The van der Waals surface area contributed by atoms with E-state index in [9.17, 15) is 22.8 Å². The van der Waals surface area contributed by atoms with Crippen LogP contribution in [-0.4, -0.2) is 35.2 Å². The van der Waals surface area contributed by atoms with Crippen LogP contribution in [-0.2, 0) is 16.0 Å². The van der Waals surface area contributed by atoms with Crippen molar-refractivity contribution in [1.29, 1.82) is 0 Å². The van der Waals surface area contributed by atoms with Crippen LogP contribution in [0.15, 0.2) is 47.6 Å². The molecule has 1 heterocycles. The van der Waals surface area contributed by atoms with Crippen LogP contribution in [0.2, 0.25) is 0 Å². The van der Waals surface area contributed by atoms with Gasteiger partial charge in [-0.3, -0.25) is 4.79 Å². The molecule has 30 heavy (non-hydrogen) atoms. The Morgan fingerprint density at radius 1 is 1.13 bits per heavy atom. The number of rotatable bonds is 6. The first-order valence-electron chi connectivity index (χ1n) is 8.85. The minimum atomic E-state index is -1.30. The van der Waals surface area contributed by atoms with Gasteiger partial charge in [0.2, 0.25) is 5.91 Å². The van der Waals surface area contributed by atoms with Crippen LogP contribution in [0.1, 0.15) is 18.4 Å². The van der Waals surface area contributed by atoms with Crippen LogP contribution in [0.5, 0.6) is 5.75 Å². The molecule has 6 nitrogen and oxygen atoms in total. The molecule has 160 valence electrons. The Bertz CT molecular complexity index is 944. The second kappa shape index (κ2) is 10.2. The number of nitrogens with zero attached hydrogens (tertiary/aromatic N) is 2. The molecule has 0 radical (unpaired) electrons. The van der Waals surface area contributed by atoms with Crippen LogP contribution in [0, 0.1) is 17.5 Å². The van der Waals surface area contributed by atoms with E-state index in [1.807, 2.05) is 0 Å². The minimum Gasteiger partial charge on any atom is -0.425 e. The van der Waals surface area contributed by atoms with Gasteiger partial charge in [-0.1, -0.05) is 18.2 Å². The second-order valence-electron chi connectivity index (χ2n) is 6.55. The van der Waals surface area contributed by atoms with Gasteiger partial charge in [0.15, 0.2) is 17.7 Å². The lowest BCUT2D eigenvalue weighted by Crippen LogP contribution is -2.43. The van der Waals surface area contributed by atoms with Crippen molar-refractivity contribution in [2.24, 2.45) is 10.8 Å². The number of nitrogens with two attached hydrogens (primary N) is 1. The molecule has 2 aromatic rings. The fourth-order valence-electron chi connectivity index (χ4n) is 2.91. The summed E-state index contributed by atoms with van der Waals surface area (Å²) in [6.45, 7) is 0. The normalized spacial score (nSPS) is 16.1. The summed E-state index contributed by atoms with van der Waals surface area (Å²) >= 11 is 0. The average Bonchev–Trinajstić information content (AvgIpc) is 3.17. The zero-order valence-electron chi connectivity index (χ0n) is 15.6. The number of halogens is 4. The quantitative estimate of drug-likeness (QED) is 0.424. The molecule has 2 N–H and O–H groups in total. The van der Waals surface area contributed by atoms with E-state index in [4.69, 9.17) is 10.5 Å². The van der Waals surface area contributed by atoms with Crippen LogP contribution >= 0.6 is 12.4 Å². The Hall–Kier alpha value is -2.91. The second-order valence-corrected chi connectivity index (χ2v) is 6.55. The van der Waals surface area contributed by atoms with Crippen LogP contribution in [0.3, 0.4) is 0 Å². The van der Waals surface area contributed by atoms with Gasteiger partial charge in [-0.2, -0.15) is 5.10 Å². The summed E-state index contributed by atoms with van der Waals surface area (Å²) in [7, 11) is 0. The van der Waals surface area contributed by atoms with Crippen molar-refractivity contribution in [1.82, 2.24) is 5.01 Å². The minimum absolute atomic E-state index is 0. The molecule has 0 bridgehead atoms. The number of esters is 1. The first-order chi connectivity index (χ1) is 13.8. The number of hydrogen-bond donors (Lipinski definition) is 1. The Balaban J connectivity index is 0.00000320. The largest absolute Gasteiger partial charge is 0.425 e. The van der Waals surface area contributed by atoms with Crippen LogP contribution < -0.4 is 10.5 Å². The third-order valence-corrected chi connectivity index (χ3v) is 4.33. The van der Waals surface area contributed by atoms with E-state index >= 15 is 0 Å². The van der Waals surface area contributed by atoms with Gasteiger partial charge in [0.25, 0.3) is 0 Å². The van der Waals surface area contributed by atoms with Crippen molar-refractivity contribution in [3.8, 4) is 5.75 Å². The van der Waals surface area contributed by atoms with Crippen molar-refractivity contribution in [3.63, 3.8) is 0 Å². The molecule has 10 heteroatoms. The number of amides is 1. The van der Waals surface area contributed by atoms with Crippen molar-refractivity contribution >= 4 is 30.5 Å². The monoisotopic (exact) mass is 441 g/mol. The molecule has 2 atom stereocenters. The Morgan fingerprint density at radius 2 is 1.80 bits per heavy atom. The first-order valence-corrected chi connectivity index (χ1v) is 8.85. The van der Waals surface area contributed by atoms with Gasteiger partial charge in [-0.15, -0.1) is 12.4 Å². The SMILES string of the molecule is Cl.N[C@@H](CC(=O)N1N=CCC1C(=O)Oc1ccccc1)Cc1cc(F)c(F)cc1F. The van der Waals surface area contributed by atoms with Gasteiger partial charge in [0.1, 0.15) is 11.6 Å². The highest BCUT2D eigenvalue weighted by Gasteiger charge is 2.34. The molecular formula is C20H19ClF3N3O3. The summed E-state index contributed by atoms with van der Waals surface area (Å²) in [5, 5.41) is 4.88. The zero-order valence-corrected chi connectivity index (χ0v) is 16.4. The van der Waals surface area contributed by atoms with Gasteiger partial charge >= 0.3 is 5.97 Å². The topological polar surface area (TPSA) is 85.0 Å². The molecule has 0 spiro atoms. The summed E-state index contributed by atoms with van der Waals surface area (Å²) in [6, 6.07) is 7.70. The van der Waals surface area contributed by atoms with Crippen LogP contribution in [0.25, 0.3) is 0 Å². The fraction of sp³-hybridized carbons (Fsp3) is 0.250. The third-order valence-electron chi connectivity index (χ3n) is 4.33. The molecule has 1 aliphatic heterocycles. The summed E-state index contributed by atoms with van der Waals surface area (Å²) in [6.07, 6.45) is 1.14. The summed E-state index contributed by atoms with van der Waals surface area (Å²) in [4.78, 5) is 24.9. The summed E-state index contributed by atoms with van der Waals surface area (Å²) in [5.74, 6) is -4.33. The highest BCUT2D eigenvalue weighted by Crippen LogP contribution is 2.19. The molecule has 1 unspecified atom stereocenters. The summed E-state index contributed by atoms with van der Waals surface area (Å²) in [5.41, 5.74) is 5.73. The number of carbonyl (C=O) groups is 2. The number of hydrogen-bond acceptors (Lipinski definition) is 5. The van der Waals surface area contributed by atoms with E-state index < -0.39 is 41.4 Å². The number of ether oxygens (including phenoxy) is 1. The highest BCUT2D eigenvalue weighted by molar-refractivity contribution is 5.90. The lowest BCUT2D eigenvalue weighted by Gasteiger charge is -2.22. The van der Waals surface area contributed by atoms with E-state index in [1.165, 1.54) is 6.21 Å². The average molecular weight is 442 g/mol. The Morgan fingerprint density at radius 3 is 2.50 bits per heavy atom. The van der Waals surface area contributed by atoms with Crippen molar-refractivity contribution in [2.45, 2.75) is 31.3 Å². The predicted octanol–water partition coefficient (Wildman–Crippen LogP) is 2.98. The van der Waals surface area contributed by atoms with Gasteiger partial charge < -0.3 is 10.5 Å². The number of hydrazone groups is 1. The Labute approximate surface area is 176 Å². The smallest absolute Gasteiger partial charge is 0.336 e. The predicted molar refractivity (Wildman–Crippen MR) is 106 cm³/mol. The molecule has 0 fully saturated rings. The van der Waals surface area contributed by atoms with E-state index in [0.717, 1.165) is 5.01 Å². The number of para-hydroxylation sites is 1. The van der Waals surface area contributed by atoms with Crippen molar-refractivity contribution in [2.75, 3.05) is 0 Å². The molecule has 1 amide bonds. The molecule has 2 aromatic carbocycles. The van der Waals surface area contributed by atoms with Gasteiger partial charge in [-0.25, -0.2) is 23.0 Å². The van der Waals surface area contributed by atoms with Crippen LogP contribution in [0.4, 0.5) is 13.2 Å². The molecule has 3 rings (SSSR count). The van der Waals surface area contributed by atoms with Gasteiger partial charge in [0, 0.05) is 31.2 Å². The molecular weight excluding hydrogens is 423 g/mol. The molecule has 0 aliphatic carbocycles. The Kier molecular flexibility index (Phi) is 7.96. The molecule has 0 saturated carbocycles. The fourth-order valence-corrected chi connectivity index (χ4v) is 2.91. The maximum atomic E-state index is 13.8. The number of carbonyl (C=O) groups excluding carboxylic acids is 2. The standard InChI is InChI=1S/C20H18F3N3O3.ClH/c21-15-11-17(23)16(22)9-12(15)8-13(24)10-19(27)26-18(6-7-25-26)20(28)29-14-4-2-1-3-5-14;/h1-5,7,9,11,13,18H,6,8,10,24H2;1H/t13-,18?;/m1./s1. The van der Waals surface area contributed by atoms with E-state index in [2.05, 4.69) is 5.10 Å². The third kappa shape index (κ3) is 5.58.